The van der Waals surface area contributed by atoms with Gasteiger partial charge >= 0.3 is 12.0 Å². The number of carbonyl (C=O) groups is 4. The molecule has 0 unspecified atom stereocenters. The predicted molar refractivity (Wildman–Crippen MR) is 97.9 cm³/mol. The van der Waals surface area contributed by atoms with Crippen LogP contribution in [0.1, 0.15) is 32.3 Å². The fourth-order valence-electron chi connectivity index (χ4n) is 2.78. The molecule has 0 aliphatic carbocycles. The van der Waals surface area contributed by atoms with Crippen LogP contribution in [-0.4, -0.2) is 48.4 Å². The van der Waals surface area contributed by atoms with Gasteiger partial charge in [0.1, 0.15) is 12.1 Å². The molecule has 1 aliphatic rings. The molecule has 1 aliphatic heterocycles. The molecule has 1 fully saturated rings. The normalized spacial score (nSPS) is 19.0. The van der Waals surface area contributed by atoms with Crippen LogP contribution >= 0.6 is 11.6 Å². The van der Waals surface area contributed by atoms with Crippen LogP contribution < -0.4 is 10.6 Å². The summed E-state index contributed by atoms with van der Waals surface area (Å²) >= 11 is 6.15. The zero-order chi connectivity index (χ0) is 20.0. The maximum absolute atomic E-state index is 12.8. The molecule has 9 heteroatoms. The highest BCUT2D eigenvalue weighted by atomic mass is 35.5. The summed E-state index contributed by atoms with van der Waals surface area (Å²) in [4.78, 5) is 49.1. The highest BCUT2D eigenvalue weighted by Crippen LogP contribution is 2.33. The fourth-order valence-corrected chi connectivity index (χ4v) is 3.11. The monoisotopic (exact) mass is 395 g/mol. The molecule has 1 heterocycles. The highest BCUT2D eigenvalue weighted by molar-refractivity contribution is 6.32. The number of amides is 4. The first kappa shape index (κ1) is 20.7. The van der Waals surface area contributed by atoms with Gasteiger partial charge in [0.15, 0.2) is 0 Å². The average molecular weight is 396 g/mol. The summed E-state index contributed by atoms with van der Waals surface area (Å²) in [5.41, 5.74) is -0.873. The minimum Gasteiger partial charge on any atom is -0.466 e. The van der Waals surface area contributed by atoms with Crippen LogP contribution in [0.15, 0.2) is 24.3 Å². The number of hydrogen-bond donors (Lipinski definition) is 2. The van der Waals surface area contributed by atoms with E-state index in [9.17, 15) is 19.2 Å². The van der Waals surface area contributed by atoms with Crippen molar-refractivity contribution in [2.75, 3.05) is 19.7 Å². The molecule has 8 nitrogen and oxygen atoms in total. The van der Waals surface area contributed by atoms with Gasteiger partial charge in [-0.3, -0.25) is 19.3 Å². The first-order valence-electron chi connectivity index (χ1n) is 8.61. The van der Waals surface area contributed by atoms with E-state index < -0.39 is 29.9 Å². The number of halogens is 1. The summed E-state index contributed by atoms with van der Waals surface area (Å²) in [6.07, 6.45) is 0.587. The van der Waals surface area contributed by atoms with E-state index in [0.717, 1.165) is 4.90 Å². The van der Waals surface area contributed by atoms with Crippen molar-refractivity contribution in [1.29, 1.82) is 0 Å². The van der Waals surface area contributed by atoms with Gasteiger partial charge in [0.2, 0.25) is 5.91 Å². The smallest absolute Gasteiger partial charge is 0.325 e. The van der Waals surface area contributed by atoms with E-state index >= 15 is 0 Å². The molecule has 1 aromatic carbocycles. The van der Waals surface area contributed by atoms with Crippen LogP contribution in [0.25, 0.3) is 0 Å². The van der Waals surface area contributed by atoms with E-state index in [1.54, 1.807) is 38.1 Å². The fraction of sp³-hybridized carbons (Fsp3) is 0.444. The van der Waals surface area contributed by atoms with Gasteiger partial charge in [0.05, 0.1) is 6.61 Å². The Hall–Kier alpha value is -2.61. The Labute approximate surface area is 162 Å². The maximum Gasteiger partial charge on any atom is 0.325 e. The van der Waals surface area contributed by atoms with Crippen molar-refractivity contribution in [2.24, 2.45) is 0 Å². The third-order valence-electron chi connectivity index (χ3n) is 4.17. The van der Waals surface area contributed by atoms with Gasteiger partial charge in [0, 0.05) is 23.6 Å². The number of nitrogens with one attached hydrogen (secondary N) is 2. The number of ether oxygens (including phenoxy) is 1. The number of nitrogens with zero attached hydrogens (tertiary/aromatic N) is 1. The quantitative estimate of drug-likeness (QED) is 0.395. The average Bonchev–Trinajstić information content (AvgIpc) is 2.83. The number of imide groups is 1. The van der Waals surface area contributed by atoms with Gasteiger partial charge in [-0.05, 0) is 26.3 Å². The number of rotatable bonds is 8. The molecule has 2 rings (SSSR count). The number of benzene rings is 1. The van der Waals surface area contributed by atoms with Crippen molar-refractivity contribution in [2.45, 2.75) is 32.2 Å². The Kier molecular flexibility index (Phi) is 6.79. The maximum atomic E-state index is 12.8. The molecule has 1 aromatic rings. The summed E-state index contributed by atoms with van der Waals surface area (Å²) in [6.45, 7) is 3.40. The third-order valence-corrected chi connectivity index (χ3v) is 4.50. The first-order valence-corrected chi connectivity index (χ1v) is 8.98. The molecule has 0 aromatic heterocycles. The van der Waals surface area contributed by atoms with Gasteiger partial charge in [0.25, 0.3) is 5.91 Å². The number of hydrogen-bond acceptors (Lipinski definition) is 5. The zero-order valence-electron chi connectivity index (χ0n) is 15.2. The van der Waals surface area contributed by atoms with Crippen molar-refractivity contribution in [3.63, 3.8) is 0 Å². The van der Waals surface area contributed by atoms with Gasteiger partial charge < -0.3 is 15.4 Å². The summed E-state index contributed by atoms with van der Waals surface area (Å²) in [7, 11) is 0. The molecule has 2 N–H and O–H groups in total. The topological polar surface area (TPSA) is 105 Å². The summed E-state index contributed by atoms with van der Waals surface area (Å²) in [5.74, 6) is -1.38. The van der Waals surface area contributed by atoms with Crippen molar-refractivity contribution in [1.82, 2.24) is 15.5 Å². The van der Waals surface area contributed by atoms with Crippen molar-refractivity contribution >= 4 is 35.4 Å². The van der Waals surface area contributed by atoms with Crippen LogP contribution in [0.4, 0.5) is 4.79 Å². The Morgan fingerprint density at radius 2 is 2.00 bits per heavy atom. The molecule has 27 heavy (non-hydrogen) atoms. The Morgan fingerprint density at radius 1 is 1.30 bits per heavy atom. The number of esters is 1. The van der Waals surface area contributed by atoms with E-state index in [-0.39, 0.29) is 18.9 Å². The molecule has 0 spiro atoms. The minimum atomic E-state index is -1.33. The summed E-state index contributed by atoms with van der Waals surface area (Å²) < 4.78 is 4.79. The SMILES string of the molecule is CCOC(=O)CCCNC(=O)CN1C(=O)N[C@](C)(c2ccccc2Cl)C1=O. The summed E-state index contributed by atoms with van der Waals surface area (Å²) in [5, 5.41) is 5.53. The molecule has 0 bridgehead atoms. The van der Waals surface area contributed by atoms with Gasteiger partial charge in [-0.1, -0.05) is 29.8 Å². The van der Waals surface area contributed by atoms with Crippen LogP contribution in [-0.2, 0) is 24.7 Å². The molecular weight excluding hydrogens is 374 g/mol. The van der Waals surface area contributed by atoms with Gasteiger partial charge in [-0.2, -0.15) is 0 Å². The highest BCUT2D eigenvalue weighted by Gasteiger charge is 2.50. The van der Waals surface area contributed by atoms with E-state index in [1.165, 1.54) is 0 Å². The zero-order valence-corrected chi connectivity index (χ0v) is 16.0. The van der Waals surface area contributed by atoms with Crippen LogP contribution in [0.2, 0.25) is 5.02 Å². The van der Waals surface area contributed by atoms with Crippen LogP contribution in [0.5, 0.6) is 0 Å². The molecule has 0 saturated carbocycles. The minimum absolute atomic E-state index is 0.182. The van der Waals surface area contributed by atoms with Crippen molar-refractivity contribution in [3.05, 3.63) is 34.9 Å². The number of carbonyl (C=O) groups excluding carboxylic acids is 4. The second-order valence-electron chi connectivity index (χ2n) is 6.18. The lowest BCUT2D eigenvalue weighted by Crippen LogP contribution is -2.43. The van der Waals surface area contributed by atoms with E-state index in [4.69, 9.17) is 16.3 Å². The van der Waals surface area contributed by atoms with Gasteiger partial charge in [-0.25, -0.2) is 4.79 Å². The Morgan fingerprint density at radius 3 is 2.67 bits per heavy atom. The van der Waals surface area contributed by atoms with E-state index in [2.05, 4.69) is 10.6 Å². The largest absolute Gasteiger partial charge is 0.466 e. The molecular formula is C18H22ClN3O5. The van der Waals surface area contributed by atoms with Crippen molar-refractivity contribution < 1.29 is 23.9 Å². The van der Waals surface area contributed by atoms with E-state index in [0.29, 0.717) is 23.6 Å². The van der Waals surface area contributed by atoms with Crippen LogP contribution in [0.3, 0.4) is 0 Å². The standard InChI is InChI=1S/C18H22ClN3O5/c1-3-27-15(24)9-6-10-20-14(23)11-22-16(25)18(2,21-17(22)26)12-7-4-5-8-13(12)19/h4-5,7-8H,3,6,9-11H2,1-2H3,(H,20,23)(H,21,26)/t18-/m1/s1. The molecule has 4 amide bonds. The molecule has 1 atom stereocenters. The lowest BCUT2D eigenvalue weighted by Gasteiger charge is -2.23. The third kappa shape index (κ3) is 4.77. The summed E-state index contributed by atoms with van der Waals surface area (Å²) in [6, 6.07) is 6.05. The first-order chi connectivity index (χ1) is 12.8. The second-order valence-corrected chi connectivity index (χ2v) is 6.59. The molecule has 146 valence electrons. The molecule has 1 saturated heterocycles. The lowest BCUT2D eigenvalue weighted by atomic mass is 9.92. The number of urea groups is 1. The predicted octanol–water partition coefficient (Wildman–Crippen LogP) is 1.57. The Balaban J connectivity index is 1.93. The molecule has 0 radical (unpaired) electrons. The second kappa shape index (κ2) is 8.85. The van der Waals surface area contributed by atoms with Crippen LogP contribution in [0, 0.1) is 0 Å². The Bertz CT molecular complexity index is 754. The van der Waals surface area contributed by atoms with Crippen molar-refractivity contribution in [3.8, 4) is 0 Å². The van der Waals surface area contributed by atoms with E-state index in [1.807, 2.05) is 0 Å². The van der Waals surface area contributed by atoms with Gasteiger partial charge in [-0.15, -0.1) is 0 Å². The lowest BCUT2D eigenvalue weighted by molar-refractivity contribution is -0.143.